The lowest BCUT2D eigenvalue weighted by atomic mass is 10.1. The molecule has 0 amide bonds. The number of piperidine rings is 2. The highest BCUT2D eigenvalue weighted by atomic mass is 15.3. The summed E-state index contributed by atoms with van der Waals surface area (Å²) in [6, 6.07) is 1.98. The summed E-state index contributed by atoms with van der Waals surface area (Å²) in [5.74, 6) is 3.18. The van der Waals surface area contributed by atoms with Crippen LogP contribution >= 0.6 is 0 Å². The first kappa shape index (κ1) is 16.1. The van der Waals surface area contributed by atoms with Gasteiger partial charge in [0.2, 0.25) is 5.95 Å². The van der Waals surface area contributed by atoms with Crippen LogP contribution in [0, 0.1) is 0 Å². The molecule has 1 N–H and O–H groups in total. The zero-order chi connectivity index (χ0) is 16.9. The van der Waals surface area contributed by atoms with Gasteiger partial charge in [-0.2, -0.15) is 4.98 Å². The Bertz CT molecular complexity index is 634. The third kappa shape index (κ3) is 3.97. The van der Waals surface area contributed by atoms with E-state index in [-0.39, 0.29) is 0 Å². The molecule has 132 valence electrons. The van der Waals surface area contributed by atoms with E-state index in [0.717, 1.165) is 37.8 Å². The Morgan fingerprint density at radius 1 is 0.760 bits per heavy atom. The first-order chi connectivity index (χ1) is 12.4. The molecule has 7 nitrogen and oxygen atoms in total. The van der Waals surface area contributed by atoms with Gasteiger partial charge in [0.1, 0.15) is 11.6 Å². The molecule has 4 rings (SSSR count). The third-order valence-electron chi connectivity index (χ3n) is 4.86. The topological polar surface area (TPSA) is 70.1 Å². The molecule has 2 aromatic rings. The minimum Gasteiger partial charge on any atom is -0.356 e. The molecule has 0 saturated carbocycles. The van der Waals surface area contributed by atoms with Crippen LogP contribution in [0.15, 0.2) is 24.7 Å². The van der Waals surface area contributed by atoms with E-state index in [1.54, 1.807) is 12.4 Å². The van der Waals surface area contributed by atoms with Gasteiger partial charge in [-0.3, -0.25) is 4.98 Å². The van der Waals surface area contributed by atoms with Crippen LogP contribution in [0.25, 0.3) is 0 Å². The normalized spacial score (nSPS) is 18.2. The first-order valence-electron chi connectivity index (χ1n) is 9.30. The largest absolute Gasteiger partial charge is 0.356 e. The summed E-state index contributed by atoms with van der Waals surface area (Å²) in [5, 5.41) is 3.21. The SMILES string of the molecule is c1cc(N2CCCCC2)nc(Nc2cncc(N3CCCCC3)n2)n1. The zero-order valence-electron chi connectivity index (χ0n) is 14.6. The molecule has 2 aromatic heterocycles. The van der Waals surface area contributed by atoms with Crippen LogP contribution in [0.5, 0.6) is 0 Å². The van der Waals surface area contributed by atoms with Crippen LogP contribution in [0.1, 0.15) is 38.5 Å². The van der Waals surface area contributed by atoms with Gasteiger partial charge in [-0.25, -0.2) is 9.97 Å². The van der Waals surface area contributed by atoms with E-state index in [9.17, 15) is 0 Å². The van der Waals surface area contributed by atoms with Crippen LogP contribution in [0.2, 0.25) is 0 Å². The van der Waals surface area contributed by atoms with Gasteiger partial charge in [0.15, 0.2) is 5.82 Å². The quantitative estimate of drug-likeness (QED) is 0.918. The molecule has 7 heteroatoms. The third-order valence-corrected chi connectivity index (χ3v) is 4.86. The lowest BCUT2D eigenvalue weighted by molar-refractivity contribution is 0.572. The Morgan fingerprint density at radius 3 is 2.16 bits per heavy atom. The van der Waals surface area contributed by atoms with Gasteiger partial charge < -0.3 is 15.1 Å². The van der Waals surface area contributed by atoms with Crippen molar-refractivity contribution in [2.45, 2.75) is 38.5 Å². The second kappa shape index (κ2) is 7.63. The zero-order valence-corrected chi connectivity index (χ0v) is 14.6. The van der Waals surface area contributed by atoms with Crippen molar-refractivity contribution >= 4 is 23.4 Å². The fourth-order valence-electron chi connectivity index (χ4n) is 3.51. The van der Waals surface area contributed by atoms with Gasteiger partial charge in [-0.15, -0.1) is 0 Å². The monoisotopic (exact) mass is 339 g/mol. The van der Waals surface area contributed by atoms with Crippen molar-refractivity contribution in [3.05, 3.63) is 24.7 Å². The van der Waals surface area contributed by atoms with Crippen LogP contribution in [0.4, 0.5) is 23.4 Å². The maximum atomic E-state index is 4.69. The van der Waals surface area contributed by atoms with E-state index in [2.05, 4.69) is 30.1 Å². The minimum atomic E-state index is 0.577. The van der Waals surface area contributed by atoms with Crippen LogP contribution < -0.4 is 15.1 Å². The molecule has 4 heterocycles. The molecule has 2 aliphatic heterocycles. The Kier molecular flexibility index (Phi) is 4.90. The maximum Gasteiger partial charge on any atom is 0.230 e. The molecule has 2 aliphatic rings. The molecule has 25 heavy (non-hydrogen) atoms. The number of anilines is 4. The Morgan fingerprint density at radius 2 is 1.44 bits per heavy atom. The van der Waals surface area contributed by atoms with Gasteiger partial charge in [-0.05, 0) is 44.6 Å². The Hall–Kier alpha value is -2.44. The summed E-state index contributed by atoms with van der Waals surface area (Å²) in [5.41, 5.74) is 0. The van der Waals surface area contributed by atoms with E-state index in [1.165, 1.54) is 38.5 Å². The average molecular weight is 339 g/mol. The van der Waals surface area contributed by atoms with E-state index in [0.29, 0.717) is 11.8 Å². The fraction of sp³-hybridized carbons (Fsp3) is 0.556. The van der Waals surface area contributed by atoms with E-state index < -0.39 is 0 Å². The lowest BCUT2D eigenvalue weighted by Crippen LogP contribution is -2.30. The average Bonchev–Trinajstić information content (AvgIpc) is 2.70. The van der Waals surface area contributed by atoms with Crippen molar-refractivity contribution in [2.75, 3.05) is 41.3 Å². The molecule has 0 radical (unpaired) electrons. The van der Waals surface area contributed by atoms with Crippen molar-refractivity contribution in [2.24, 2.45) is 0 Å². The van der Waals surface area contributed by atoms with Crippen molar-refractivity contribution in [1.29, 1.82) is 0 Å². The highest BCUT2D eigenvalue weighted by molar-refractivity contribution is 5.53. The number of rotatable bonds is 4. The van der Waals surface area contributed by atoms with Crippen molar-refractivity contribution in [3.63, 3.8) is 0 Å². The molecule has 0 unspecified atom stereocenters. The number of nitrogens with one attached hydrogen (secondary N) is 1. The number of nitrogens with zero attached hydrogens (tertiary/aromatic N) is 6. The summed E-state index contributed by atoms with van der Waals surface area (Å²) in [6.07, 6.45) is 12.9. The number of aromatic nitrogens is 4. The van der Waals surface area contributed by atoms with Crippen LogP contribution in [0.3, 0.4) is 0 Å². The van der Waals surface area contributed by atoms with E-state index >= 15 is 0 Å². The molecule has 2 fully saturated rings. The van der Waals surface area contributed by atoms with Gasteiger partial charge in [-0.1, -0.05) is 0 Å². The smallest absolute Gasteiger partial charge is 0.230 e. The number of hydrogen-bond acceptors (Lipinski definition) is 7. The Labute approximate surface area is 148 Å². The maximum absolute atomic E-state index is 4.69. The van der Waals surface area contributed by atoms with Crippen molar-refractivity contribution < 1.29 is 0 Å². The molecular formula is C18H25N7. The highest BCUT2D eigenvalue weighted by Gasteiger charge is 2.15. The molecule has 0 atom stereocenters. The van der Waals surface area contributed by atoms with Gasteiger partial charge in [0, 0.05) is 32.4 Å². The standard InChI is InChI=1S/C18H25N7/c1-3-9-24(10-4-1)16-7-8-20-18(23-16)22-15-13-19-14-17(21-15)25-11-5-2-6-12-25/h7-8,13-14H,1-6,9-12H2,(H,20,21,22,23). The summed E-state index contributed by atoms with van der Waals surface area (Å²) in [4.78, 5) is 22.6. The van der Waals surface area contributed by atoms with Crippen LogP contribution in [-0.2, 0) is 0 Å². The van der Waals surface area contributed by atoms with E-state index in [1.807, 2.05) is 12.3 Å². The van der Waals surface area contributed by atoms with Gasteiger partial charge in [0.25, 0.3) is 0 Å². The fourth-order valence-corrected chi connectivity index (χ4v) is 3.51. The molecule has 2 saturated heterocycles. The van der Waals surface area contributed by atoms with Crippen LogP contribution in [-0.4, -0.2) is 46.1 Å². The van der Waals surface area contributed by atoms with Gasteiger partial charge >= 0.3 is 0 Å². The first-order valence-corrected chi connectivity index (χ1v) is 9.30. The van der Waals surface area contributed by atoms with Gasteiger partial charge in [0.05, 0.1) is 12.4 Å². The van der Waals surface area contributed by atoms with E-state index in [4.69, 9.17) is 4.98 Å². The molecule has 0 aliphatic carbocycles. The molecule has 0 aromatic carbocycles. The predicted octanol–water partition coefficient (Wildman–Crippen LogP) is 2.99. The highest BCUT2D eigenvalue weighted by Crippen LogP contribution is 2.21. The second-order valence-electron chi connectivity index (χ2n) is 6.72. The van der Waals surface area contributed by atoms with Crippen molar-refractivity contribution in [3.8, 4) is 0 Å². The number of hydrogen-bond donors (Lipinski definition) is 1. The Balaban J connectivity index is 1.48. The summed E-state index contributed by atoms with van der Waals surface area (Å²) < 4.78 is 0. The molecular weight excluding hydrogens is 314 g/mol. The summed E-state index contributed by atoms with van der Waals surface area (Å²) in [6.45, 7) is 4.25. The summed E-state index contributed by atoms with van der Waals surface area (Å²) >= 11 is 0. The minimum absolute atomic E-state index is 0.577. The molecule has 0 spiro atoms. The van der Waals surface area contributed by atoms with Crippen molar-refractivity contribution in [1.82, 2.24) is 19.9 Å². The predicted molar refractivity (Wildman–Crippen MR) is 99.5 cm³/mol. The second-order valence-corrected chi connectivity index (χ2v) is 6.72. The molecule has 0 bridgehead atoms. The summed E-state index contributed by atoms with van der Waals surface area (Å²) in [7, 11) is 0. The lowest BCUT2D eigenvalue weighted by Gasteiger charge is -2.28.